The van der Waals surface area contributed by atoms with Crippen LogP contribution in [0, 0.1) is 0 Å². The molecule has 5 nitrogen and oxygen atoms in total. The molecule has 0 aliphatic carbocycles. The van der Waals surface area contributed by atoms with Crippen LogP contribution < -0.4 is 5.32 Å². The van der Waals surface area contributed by atoms with E-state index in [0.29, 0.717) is 13.1 Å². The molecule has 0 aromatic carbocycles. The van der Waals surface area contributed by atoms with E-state index in [-0.39, 0.29) is 6.61 Å². The number of nitrogens with zero attached hydrogens (tertiary/aromatic N) is 1. The van der Waals surface area contributed by atoms with Crippen LogP contribution in [0.2, 0.25) is 0 Å². The normalized spacial score (nSPS) is 9.85. The van der Waals surface area contributed by atoms with Crippen LogP contribution in [0.25, 0.3) is 0 Å². The fourth-order valence-corrected chi connectivity index (χ4v) is 0.662. The number of carbonyl (C=O) groups is 2. The molecule has 0 aromatic rings. The van der Waals surface area contributed by atoms with Crippen molar-refractivity contribution in [2.45, 2.75) is 6.92 Å². The molecule has 0 radical (unpaired) electrons. The average Bonchev–Trinajstić information content (AvgIpc) is 2.04. The lowest BCUT2D eigenvalue weighted by molar-refractivity contribution is -0.154. The Kier molecular flexibility index (Phi) is 5.88. The van der Waals surface area contributed by atoms with Crippen LogP contribution in [0.3, 0.4) is 0 Å². The number of ether oxygens (including phenoxy) is 1. The van der Waals surface area contributed by atoms with E-state index < -0.39 is 11.9 Å². The van der Waals surface area contributed by atoms with Gasteiger partial charge in [0.15, 0.2) is 0 Å². The first-order valence-corrected chi connectivity index (χ1v) is 4.17. The first kappa shape index (κ1) is 11.9. The van der Waals surface area contributed by atoms with Crippen molar-refractivity contribution in [3.05, 3.63) is 0 Å². The Labute approximate surface area is 78.0 Å². The summed E-state index contributed by atoms with van der Waals surface area (Å²) in [5.41, 5.74) is 0. The van der Waals surface area contributed by atoms with Crippen molar-refractivity contribution in [3.63, 3.8) is 0 Å². The number of nitrogens with one attached hydrogen (secondary N) is 1. The second kappa shape index (κ2) is 6.42. The molecular weight excluding hydrogens is 172 g/mol. The van der Waals surface area contributed by atoms with Crippen molar-refractivity contribution in [1.29, 1.82) is 0 Å². The summed E-state index contributed by atoms with van der Waals surface area (Å²) in [4.78, 5) is 23.6. The Hall–Kier alpha value is -1.10. The molecule has 13 heavy (non-hydrogen) atoms. The molecule has 0 saturated carbocycles. The summed E-state index contributed by atoms with van der Waals surface area (Å²) in [5, 5.41) is 2.44. The molecule has 0 aliphatic heterocycles. The van der Waals surface area contributed by atoms with Crippen molar-refractivity contribution in [3.8, 4) is 0 Å². The maximum atomic E-state index is 10.9. The average molecular weight is 188 g/mol. The zero-order valence-corrected chi connectivity index (χ0v) is 8.29. The summed E-state index contributed by atoms with van der Waals surface area (Å²) in [6.07, 6.45) is 0. The van der Waals surface area contributed by atoms with Gasteiger partial charge in [0.1, 0.15) is 0 Å². The molecule has 0 bridgehead atoms. The largest absolute Gasteiger partial charge is 0.459 e. The summed E-state index contributed by atoms with van der Waals surface area (Å²) < 4.78 is 4.50. The molecule has 0 fully saturated rings. The lowest BCUT2D eigenvalue weighted by Gasteiger charge is -2.09. The highest BCUT2D eigenvalue weighted by molar-refractivity contribution is 6.32. The Balaban J connectivity index is 3.56. The van der Waals surface area contributed by atoms with E-state index in [2.05, 4.69) is 10.1 Å². The molecule has 0 atom stereocenters. The molecule has 0 heterocycles. The van der Waals surface area contributed by atoms with Gasteiger partial charge in [0, 0.05) is 13.1 Å². The smallest absolute Gasteiger partial charge is 0.396 e. The van der Waals surface area contributed by atoms with E-state index in [0.717, 1.165) is 0 Å². The van der Waals surface area contributed by atoms with E-state index >= 15 is 0 Å². The predicted octanol–water partition coefficient (Wildman–Crippen LogP) is -0.773. The second-order valence-electron chi connectivity index (χ2n) is 2.78. The van der Waals surface area contributed by atoms with Crippen molar-refractivity contribution in [2.75, 3.05) is 33.8 Å². The zero-order valence-electron chi connectivity index (χ0n) is 8.29. The molecule has 1 amide bonds. The number of hydrogen-bond acceptors (Lipinski definition) is 4. The number of likely N-dealkylation sites (N-methyl/N-ethyl adjacent to an activating group) is 1. The zero-order chi connectivity index (χ0) is 10.3. The highest BCUT2D eigenvalue weighted by Gasteiger charge is 2.12. The quantitative estimate of drug-likeness (QED) is 0.465. The Bertz CT molecular complexity index is 180. The topological polar surface area (TPSA) is 58.6 Å². The number of esters is 1. The summed E-state index contributed by atoms with van der Waals surface area (Å²) in [5.74, 6) is -1.50. The fraction of sp³-hybridized carbons (Fsp3) is 0.750. The first-order chi connectivity index (χ1) is 6.07. The van der Waals surface area contributed by atoms with Gasteiger partial charge in [0.05, 0.1) is 6.61 Å². The Morgan fingerprint density at radius 3 is 2.46 bits per heavy atom. The third-order valence-electron chi connectivity index (χ3n) is 1.31. The van der Waals surface area contributed by atoms with Crippen LogP contribution in [0.15, 0.2) is 0 Å². The van der Waals surface area contributed by atoms with Gasteiger partial charge in [-0.2, -0.15) is 0 Å². The molecule has 0 aromatic heterocycles. The third kappa shape index (κ3) is 6.10. The van der Waals surface area contributed by atoms with E-state index in [9.17, 15) is 9.59 Å². The van der Waals surface area contributed by atoms with Crippen LogP contribution in [0.4, 0.5) is 0 Å². The van der Waals surface area contributed by atoms with Crippen LogP contribution in [0.5, 0.6) is 0 Å². The van der Waals surface area contributed by atoms with Crippen LogP contribution in [-0.2, 0) is 14.3 Å². The molecule has 0 saturated heterocycles. The number of hydrogen-bond donors (Lipinski definition) is 1. The lowest BCUT2D eigenvalue weighted by atomic mass is 10.5. The molecule has 76 valence electrons. The van der Waals surface area contributed by atoms with Gasteiger partial charge < -0.3 is 15.0 Å². The molecule has 1 N–H and O–H groups in total. The van der Waals surface area contributed by atoms with Gasteiger partial charge >= 0.3 is 11.9 Å². The van der Waals surface area contributed by atoms with Crippen LogP contribution in [-0.4, -0.2) is 50.6 Å². The Morgan fingerprint density at radius 1 is 1.38 bits per heavy atom. The van der Waals surface area contributed by atoms with E-state index in [1.165, 1.54) is 0 Å². The van der Waals surface area contributed by atoms with Gasteiger partial charge in [-0.05, 0) is 21.0 Å². The summed E-state index contributed by atoms with van der Waals surface area (Å²) in [7, 11) is 3.77. The Morgan fingerprint density at radius 2 is 2.00 bits per heavy atom. The summed E-state index contributed by atoms with van der Waals surface area (Å²) >= 11 is 0. The molecule has 0 spiro atoms. The highest BCUT2D eigenvalue weighted by atomic mass is 16.5. The molecule has 0 unspecified atom stereocenters. The molecule has 5 heteroatoms. The first-order valence-electron chi connectivity index (χ1n) is 4.17. The standard InChI is InChI=1S/C8H16N2O3/c1-4-13-8(12)7(11)9-5-6-10(2)3/h4-6H2,1-3H3,(H,9,11). The highest BCUT2D eigenvalue weighted by Crippen LogP contribution is 1.78. The van der Waals surface area contributed by atoms with Gasteiger partial charge in [-0.3, -0.25) is 4.79 Å². The van der Waals surface area contributed by atoms with Crippen molar-refractivity contribution >= 4 is 11.9 Å². The summed E-state index contributed by atoms with van der Waals surface area (Å²) in [6.45, 7) is 3.03. The maximum Gasteiger partial charge on any atom is 0.396 e. The minimum Gasteiger partial charge on any atom is -0.459 e. The third-order valence-corrected chi connectivity index (χ3v) is 1.31. The van der Waals surface area contributed by atoms with Gasteiger partial charge in [-0.15, -0.1) is 0 Å². The van der Waals surface area contributed by atoms with E-state index in [4.69, 9.17) is 0 Å². The van der Waals surface area contributed by atoms with E-state index in [1.807, 2.05) is 19.0 Å². The molecule has 0 rings (SSSR count). The van der Waals surface area contributed by atoms with E-state index in [1.54, 1.807) is 6.92 Å². The summed E-state index contributed by atoms with van der Waals surface area (Å²) in [6, 6.07) is 0. The SMILES string of the molecule is CCOC(=O)C(=O)NCCN(C)C. The van der Waals surface area contributed by atoms with Crippen LogP contribution in [0.1, 0.15) is 6.92 Å². The lowest BCUT2D eigenvalue weighted by Crippen LogP contribution is -2.36. The number of carbonyl (C=O) groups excluding carboxylic acids is 2. The van der Waals surface area contributed by atoms with Crippen LogP contribution >= 0.6 is 0 Å². The van der Waals surface area contributed by atoms with Gasteiger partial charge in [-0.25, -0.2) is 4.79 Å². The molecule has 0 aliphatic rings. The predicted molar refractivity (Wildman–Crippen MR) is 48.2 cm³/mol. The van der Waals surface area contributed by atoms with Gasteiger partial charge in [0.25, 0.3) is 0 Å². The maximum absolute atomic E-state index is 10.9. The second-order valence-corrected chi connectivity index (χ2v) is 2.78. The van der Waals surface area contributed by atoms with Crippen molar-refractivity contribution in [1.82, 2.24) is 10.2 Å². The molecular formula is C8H16N2O3. The monoisotopic (exact) mass is 188 g/mol. The van der Waals surface area contributed by atoms with Crippen molar-refractivity contribution < 1.29 is 14.3 Å². The minimum absolute atomic E-state index is 0.222. The minimum atomic E-state index is -0.818. The van der Waals surface area contributed by atoms with Gasteiger partial charge in [0.2, 0.25) is 0 Å². The number of amides is 1. The van der Waals surface area contributed by atoms with Gasteiger partial charge in [-0.1, -0.05) is 0 Å². The number of rotatable bonds is 4. The fourth-order valence-electron chi connectivity index (χ4n) is 0.662. The van der Waals surface area contributed by atoms with Crippen molar-refractivity contribution in [2.24, 2.45) is 0 Å².